The molecule has 0 aromatic carbocycles. The van der Waals surface area contributed by atoms with Gasteiger partial charge in [0.25, 0.3) is 0 Å². The summed E-state index contributed by atoms with van der Waals surface area (Å²) in [6.45, 7) is 10.8. The Balaban J connectivity index is 1.60. The average molecular weight is 387 g/mol. The molecular weight excluding hydrogens is 356 g/mol. The smallest absolute Gasteiger partial charge is 0.137 e. The molecular formula is C23H31FNOP. The van der Waals surface area contributed by atoms with Gasteiger partial charge in [0.2, 0.25) is 0 Å². The van der Waals surface area contributed by atoms with Crippen molar-refractivity contribution in [3.63, 3.8) is 0 Å². The zero-order chi connectivity index (χ0) is 19.7. The number of hydrogen-bond donors (Lipinski definition) is 1. The number of hydrogen-bond acceptors (Lipinski definition) is 2. The molecule has 6 unspecified atom stereocenters. The van der Waals surface area contributed by atoms with E-state index in [1.54, 1.807) is 12.3 Å². The van der Waals surface area contributed by atoms with E-state index < -0.39 is 0 Å². The zero-order valence-electron chi connectivity index (χ0n) is 16.6. The molecule has 1 aromatic rings. The van der Waals surface area contributed by atoms with E-state index in [-0.39, 0.29) is 23.2 Å². The molecule has 3 rings (SSSR count). The van der Waals surface area contributed by atoms with Crippen molar-refractivity contribution in [2.45, 2.75) is 58.0 Å². The summed E-state index contributed by atoms with van der Waals surface area (Å²) in [5.41, 5.74) is 4.49. The van der Waals surface area contributed by atoms with Gasteiger partial charge in [0, 0.05) is 18.0 Å². The molecule has 2 aliphatic carbocycles. The van der Waals surface area contributed by atoms with Crippen LogP contribution in [0.15, 0.2) is 48.0 Å². The molecule has 0 radical (unpaired) electrons. The van der Waals surface area contributed by atoms with Gasteiger partial charge in [-0.3, -0.25) is 4.98 Å². The lowest BCUT2D eigenvalue weighted by atomic mass is 9.87. The molecule has 2 nitrogen and oxygen atoms in total. The lowest BCUT2D eigenvalue weighted by molar-refractivity contribution is 0.463. The van der Waals surface area contributed by atoms with E-state index in [9.17, 15) is 9.50 Å². The maximum Gasteiger partial charge on any atom is 0.137 e. The Morgan fingerprint density at radius 2 is 2.19 bits per heavy atom. The third kappa shape index (κ3) is 4.69. The normalized spacial score (nSPS) is 26.8. The van der Waals surface area contributed by atoms with Gasteiger partial charge >= 0.3 is 0 Å². The van der Waals surface area contributed by atoms with Crippen LogP contribution in [0.3, 0.4) is 0 Å². The van der Waals surface area contributed by atoms with Crippen LogP contribution in [0.4, 0.5) is 4.39 Å². The molecule has 6 atom stereocenters. The van der Waals surface area contributed by atoms with Gasteiger partial charge in [-0.25, -0.2) is 4.39 Å². The van der Waals surface area contributed by atoms with E-state index in [1.165, 1.54) is 11.1 Å². The van der Waals surface area contributed by atoms with Gasteiger partial charge in [-0.05, 0) is 66.0 Å². The molecule has 1 aromatic heterocycles. The highest BCUT2D eigenvalue weighted by Crippen LogP contribution is 2.52. The number of halogens is 1. The summed E-state index contributed by atoms with van der Waals surface area (Å²) in [5.74, 6) is 2.07. The first kappa shape index (κ1) is 20.3. The second-order valence-corrected chi connectivity index (χ2v) is 9.14. The van der Waals surface area contributed by atoms with Crippen molar-refractivity contribution in [3.05, 3.63) is 59.2 Å². The molecule has 27 heavy (non-hydrogen) atoms. The van der Waals surface area contributed by atoms with Crippen molar-refractivity contribution in [2.24, 2.45) is 17.8 Å². The lowest BCUT2D eigenvalue weighted by Gasteiger charge is -2.20. The van der Waals surface area contributed by atoms with Gasteiger partial charge in [-0.1, -0.05) is 39.0 Å². The number of aromatic nitrogens is 1. The minimum atomic E-state index is 0.00830. The molecule has 0 aliphatic heterocycles. The first-order chi connectivity index (χ1) is 12.8. The SMILES string of the molecule is C=C(CC(C)C1CC1C1=CC(P)CC(F)=C1)C(C)c1cc(CC)c(O)cn1. The molecule has 1 saturated carbocycles. The summed E-state index contributed by atoms with van der Waals surface area (Å²) in [4.78, 5) is 4.41. The largest absolute Gasteiger partial charge is 0.506 e. The zero-order valence-corrected chi connectivity index (χ0v) is 17.7. The monoisotopic (exact) mass is 387 g/mol. The molecule has 1 N–H and O–H groups in total. The van der Waals surface area contributed by atoms with Gasteiger partial charge in [-0.2, -0.15) is 0 Å². The third-order valence-electron chi connectivity index (χ3n) is 6.17. The van der Waals surface area contributed by atoms with Crippen LogP contribution in [0.2, 0.25) is 0 Å². The lowest BCUT2D eigenvalue weighted by Crippen LogP contribution is -2.08. The van der Waals surface area contributed by atoms with Crippen molar-refractivity contribution in [1.82, 2.24) is 4.98 Å². The Hall–Kier alpha value is -1.47. The van der Waals surface area contributed by atoms with Crippen LogP contribution >= 0.6 is 9.24 Å². The summed E-state index contributed by atoms with van der Waals surface area (Å²) >= 11 is 0. The van der Waals surface area contributed by atoms with Gasteiger partial charge in [-0.15, -0.1) is 9.24 Å². The fraction of sp³-hybridized carbons (Fsp3) is 0.522. The highest BCUT2D eigenvalue weighted by Gasteiger charge is 2.43. The van der Waals surface area contributed by atoms with E-state index in [4.69, 9.17) is 0 Å². The molecule has 0 spiro atoms. The standard InChI is InChI=1S/C23H31FNOP/c1-5-16-9-22(25-12-23(16)26)15(4)13(2)6-14(3)20-11-21(20)17-7-18(24)10-19(27)8-17/h7-9,12,14-15,19-21,26H,2,5-6,10-11,27H2,1,3-4H3. The number of aromatic hydroxyl groups is 1. The number of pyridine rings is 1. The fourth-order valence-corrected chi connectivity index (χ4v) is 4.70. The van der Waals surface area contributed by atoms with Crippen molar-refractivity contribution >= 4 is 9.24 Å². The minimum absolute atomic E-state index is 0.00830. The molecule has 2 aliphatic rings. The van der Waals surface area contributed by atoms with Crippen LogP contribution in [0.25, 0.3) is 0 Å². The minimum Gasteiger partial charge on any atom is -0.506 e. The van der Waals surface area contributed by atoms with Crippen molar-refractivity contribution < 1.29 is 9.50 Å². The summed E-state index contributed by atoms with van der Waals surface area (Å²) in [7, 11) is 2.73. The van der Waals surface area contributed by atoms with Crippen LogP contribution in [0.1, 0.15) is 57.2 Å². The van der Waals surface area contributed by atoms with Crippen molar-refractivity contribution in [2.75, 3.05) is 0 Å². The molecule has 0 bridgehead atoms. The van der Waals surface area contributed by atoms with Gasteiger partial charge in [0.1, 0.15) is 11.6 Å². The Morgan fingerprint density at radius 1 is 1.44 bits per heavy atom. The van der Waals surface area contributed by atoms with Gasteiger partial charge in [0.15, 0.2) is 0 Å². The van der Waals surface area contributed by atoms with E-state index >= 15 is 0 Å². The van der Waals surface area contributed by atoms with Crippen molar-refractivity contribution in [3.8, 4) is 5.75 Å². The quantitative estimate of drug-likeness (QED) is 0.453. The number of allylic oxidation sites excluding steroid dienone is 5. The van der Waals surface area contributed by atoms with Gasteiger partial charge < -0.3 is 5.11 Å². The second-order valence-electron chi connectivity index (χ2n) is 8.28. The highest BCUT2D eigenvalue weighted by atomic mass is 31.0. The van der Waals surface area contributed by atoms with E-state index in [0.717, 1.165) is 30.5 Å². The summed E-state index contributed by atoms with van der Waals surface area (Å²) in [6.07, 6.45) is 8.92. The topological polar surface area (TPSA) is 33.1 Å². The van der Waals surface area contributed by atoms with Gasteiger partial charge in [0.05, 0.1) is 6.20 Å². The number of nitrogens with zero attached hydrogens (tertiary/aromatic N) is 1. The maximum atomic E-state index is 13.8. The predicted molar refractivity (Wildman–Crippen MR) is 114 cm³/mol. The molecule has 4 heteroatoms. The summed E-state index contributed by atoms with van der Waals surface area (Å²) in [5, 5.41) is 9.85. The Labute approximate surface area is 164 Å². The molecule has 146 valence electrons. The first-order valence-corrected chi connectivity index (χ1v) is 10.7. The second kappa shape index (κ2) is 8.27. The fourth-order valence-electron chi connectivity index (χ4n) is 4.26. The highest BCUT2D eigenvalue weighted by molar-refractivity contribution is 7.18. The predicted octanol–water partition coefficient (Wildman–Crippen LogP) is 6.10. The number of aryl methyl sites for hydroxylation is 1. The van der Waals surface area contributed by atoms with Crippen LogP contribution in [-0.4, -0.2) is 15.7 Å². The summed E-state index contributed by atoms with van der Waals surface area (Å²) < 4.78 is 13.8. The van der Waals surface area contributed by atoms with E-state index in [0.29, 0.717) is 24.2 Å². The van der Waals surface area contributed by atoms with Crippen LogP contribution in [0.5, 0.6) is 5.75 Å². The van der Waals surface area contributed by atoms with Crippen molar-refractivity contribution in [1.29, 1.82) is 0 Å². The van der Waals surface area contributed by atoms with E-state index in [2.05, 4.69) is 40.7 Å². The molecule has 1 heterocycles. The first-order valence-electron chi connectivity index (χ1n) is 9.98. The Morgan fingerprint density at radius 3 is 2.85 bits per heavy atom. The van der Waals surface area contributed by atoms with Crippen LogP contribution in [0, 0.1) is 17.8 Å². The third-order valence-corrected chi connectivity index (χ3v) is 6.60. The Bertz CT molecular complexity index is 785. The summed E-state index contributed by atoms with van der Waals surface area (Å²) in [6, 6.07) is 2.00. The molecule has 0 amide bonds. The number of rotatable bonds is 7. The molecule has 0 saturated heterocycles. The molecule has 1 fully saturated rings. The van der Waals surface area contributed by atoms with E-state index in [1.807, 2.05) is 13.0 Å². The average Bonchev–Trinajstić information content (AvgIpc) is 3.41. The maximum absolute atomic E-state index is 13.8. The Kier molecular flexibility index (Phi) is 6.21. The van der Waals surface area contributed by atoms with Crippen LogP contribution < -0.4 is 0 Å². The van der Waals surface area contributed by atoms with Crippen LogP contribution in [-0.2, 0) is 6.42 Å².